The lowest BCUT2D eigenvalue weighted by Crippen LogP contribution is -2.58. The molecule has 9 rings (SSSR count). The number of carbonyl (C=O) groups excluding carboxylic acids is 8. The molecule has 5 aliphatic rings. The van der Waals surface area contributed by atoms with E-state index in [1.54, 1.807) is 47.1 Å². The Labute approximate surface area is 494 Å². The first-order valence-corrected chi connectivity index (χ1v) is 30.3. The number of methoxy groups -OCH3 is 1. The zero-order valence-corrected chi connectivity index (χ0v) is 48.8. The van der Waals surface area contributed by atoms with Crippen LogP contribution in [0.3, 0.4) is 0 Å². The minimum absolute atomic E-state index is 0.0225. The number of aromatic hydroxyl groups is 1. The van der Waals surface area contributed by atoms with Crippen LogP contribution in [-0.4, -0.2) is 138 Å². The molecule has 1 aliphatic carbocycles. The van der Waals surface area contributed by atoms with E-state index in [0.29, 0.717) is 145 Å². The van der Waals surface area contributed by atoms with Crippen molar-refractivity contribution < 1.29 is 62.8 Å². The first-order valence-electron chi connectivity index (χ1n) is 29.7. The SMILES string of the molecule is COc1cc2c(cc1OCCCCCC(=O)N1C[C@@H](CCl)c3c1cc(O)c1ccccc31)N(C(=O)OCc1ccc(CC(=O)[C@H](CCCCN)NC(=O)C3(C(=O)NCCCCCN4C(=O)CC(C)C4=O)CCC3)cc1)C(O)[C@@H]1CCCN1C2=O. The summed E-state index contributed by atoms with van der Waals surface area (Å²) in [5.41, 5.74) is 7.60. The Kier molecular flexibility index (Phi) is 20.1. The number of hydrogen-bond donors (Lipinski definition) is 5. The van der Waals surface area contributed by atoms with E-state index in [4.69, 9.17) is 31.5 Å². The number of hydrogen-bond acceptors (Lipinski definition) is 14. The van der Waals surface area contributed by atoms with Gasteiger partial charge < -0.3 is 50.6 Å². The monoisotopic (exact) mass is 1180 g/mol. The molecule has 21 heteroatoms. The van der Waals surface area contributed by atoms with Crippen molar-refractivity contribution in [3.63, 3.8) is 0 Å². The minimum Gasteiger partial charge on any atom is -0.507 e. The molecule has 3 fully saturated rings. The predicted octanol–water partition coefficient (Wildman–Crippen LogP) is 7.52. The number of Topliss-reactive ketones (excluding diaryl/α,β-unsaturated/α-hetero) is 1. The normalized spacial score (nSPS) is 20.0. The third kappa shape index (κ3) is 13.1. The van der Waals surface area contributed by atoms with Crippen molar-refractivity contribution in [1.29, 1.82) is 0 Å². The van der Waals surface area contributed by atoms with Crippen LogP contribution in [0.2, 0.25) is 0 Å². The van der Waals surface area contributed by atoms with Gasteiger partial charge in [0.05, 0.1) is 42.7 Å². The lowest BCUT2D eigenvalue weighted by molar-refractivity contribution is -0.151. The van der Waals surface area contributed by atoms with Gasteiger partial charge >= 0.3 is 6.09 Å². The molecule has 6 N–H and O–H groups in total. The number of aliphatic hydroxyl groups excluding tert-OH is 1. The number of ether oxygens (including phenoxy) is 3. The van der Waals surface area contributed by atoms with Gasteiger partial charge in [-0.1, -0.05) is 61.9 Å². The number of alkyl halides is 1. The molecule has 1 saturated carbocycles. The van der Waals surface area contributed by atoms with Crippen LogP contribution in [-0.2, 0) is 46.5 Å². The maximum absolute atomic E-state index is 14.3. The number of phenols is 1. The summed E-state index contributed by atoms with van der Waals surface area (Å²) in [5, 5.41) is 30.2. The zero-order valence-electron chi connectivity index (χ0n) is 48.0. The Morgan fingerprint density at radius 2 is 1.61 bits per heavy atom. The fourth-order valence-electron chi connectivity index (χ4n) is 12.4. The summed E-state index contributed by atoms with van der Waals surface area (Å²) in [5.74, 6) is -1.27. The van der Waals surface area contributed by atoms with Crippen molar-refractivity contribution in [3.8, 4) is 17.2 Å². The third-order valence-electron chi connectivity index (χ3n) is 17.4. The molecule has 7 amide bonds. The lowest BCUT2D eigenvalue weighted by Gasteiger charge is -2.39. The number of likely N-dealkylation sites (tertiary alicyclic amines) is 1. The van der Waals surface area contributed by atoms with E-state index in [0.717, 1.165) is 21.2 Å². The summed E-state index contributed by atoms with van der Waals surface area (Å²) in [7, 11) is 1.45. The standard InChI is InChI=1S/C63H78ClN7O13/c1-39-31-55(75)69(57(39)76)28-11-4-10-27-66-60(79)63(24-14-25-63)61(80)67-46(17-8-9-26-65)51(73)32-40-20-22-41(23-21-40)38-84-62(81)71-48-35-53(52(82-2)33-45(48)58(77)68-29-13-18-47(68)59(71)78)83-30-12-3-5-19-54(74)70-37-42(36-64)56-44-16-7-6-15-43(44)50(72)34-49(56)70/h6-7,15-16,20-23,33-35,39,42,46-47,59,72,78H,3-5,8-14,17-19,24-32,36-38,65H2,1-2H3,(H,66,79)(H,67,80)/t39?,42-,46+,47+,59?/m1/s1. The van der Waals surface area contributed by atoms with Gasteiger partial charge in [-0.3, -0.25) is 38.5 Å². The van der Waals surface area contributed by atoms with Crippen LogP contribution in [0, 0.1) is 11.3 Å². The van der Waals surface area contributed by atoms with E-state index in [1.165, 1.54) is 24.1 Å². The maximum Gasteiger partial charge on any atom is 0.416 e. The summed E-state index contributed by atoms with van der Waals surface area (Å²) in [6, 6.07) is 17.6. The number of carbonyl (C=O) groups is 8. The fraction of sp³-hybridized carbons (Fsp3) is 0.524. The van der Waals surface area contributed by atoms with Crippen LogP contribution in [0.5, 0.6) is 17.2 Å². The molecule has 4 aromatic rings. The average Bonchev–Trinajstić information content (AvgIpc) is 2.14. The van der Waals surface area contributed by atoms with Crippen molar-refractivity contribution in [2.75, 3.05) is 62.1 Å². The van der Waals surface area contributed by atoms with Gasteiger partial charge in [0.1, 0.15) is 17.8 Å². The summed E-state index contributed by atoms with van der Waals surface area (Å²) in [6.07, 6.45) is 5.84. The van der Waals surface area contributed by atoms with Gasteiger partial charge in [0, 0.05) is 80.7 Å². The minimum atomic E-state index is -1.46. The van der Waals surface area contributed by atoms with Crippen LogP contribution < -0.4 is 35.6 Å². The smallest absolute Gasteiger partial charge is 0.416 e. The number of ketones is 1. The summed E-state index contributed by atoms with van der Waals surface area (Å²) in [6.45, 7) is 3.65. The van der Waals surface area contributed by atoms with Gasteiger partial charge in [-0.25, -0.2) is 9.69 Å². The van der Waals surface area contributed by atoms with E-state index in [1.807, 2.05) is 24.3 Å². The number of halogens is 1. The number of anilines is 2. The Bertz CT molecular complexity index is 3120. The van der Waals surface area contributed by atoms with Gasteiger partial charge in [-0.05, 0) is 118 Å². The Morgan fingerprint density at radius 1 is 0.857 bits per heavy atom. The van der Waals surface area contributed by atoms with Crippen molar-refractivity contribution >= 4 is 81.1 Å². The highest BCUT2D eigenvalue weighted by Gasteiger charge is 2.51. The van der Waals surface area contributed by atoms with Crippen LogP contribution in [0.4, 0.5) is 16.2 Å². The van der Waals surface area contributed by atoms with E-state index in [9.17, 15) is 48.6 Å². The van der Waals surface area contributed by atoms with E-state index < -0.39 is 35.7 Å². The molecular weight excluding hydrogens is 1100 g/mol. The number of nitrogens with zero attached hydrogens (tertiary/aromatic N) is 4. The number of rotatable bonds is 27. The van der Waals surface area contributed by atoms with Crippen LogP contribution in [0.25, 0.3) is 10.8 Å². The highest BCUT2D eigenvalue weighted by atomic mass is 35.5. The number of nitrogens with two attached hydrogens (primary N) is 1. The van der Waals surface area contributed by atoms with Crippen molar-refractivity contribution in [3.05, 3.63) is 89.0 Å². The van der Waals surface area contributed by atoms with Crippen molar-refractivity contribution in [2.24, 2.45) is 17.1 Å². The quantitative estimate of drug-likeness (QED) is 0.0167. The van der Waals surface area contributed by atoms with Gasteiger partial charge in [0.25, 0.3) is 5.91 Å². The molecule has 450 valence electrons. The molecule has 4 aliphatic heterocycles. The third-order valence-corrected chi connectivity index (χ3v) is 17.7. The lowest BCUT2D eigenvalue weighted by atomic mass is 9.67. The fourth-order valence-corrected chi connectivity index (χ4v) is 12.6. The van der Waals surface area contributed by atoms with Gasteiger partial charge in [0.2, 0.25) is 29.5 Å². The zero-order chi connectivity index (χ0) is 59.7. The molecule has 0 bridgehead atoms. The molecule has 84 heavy (non-hydrogen) atoms. The molecule has 4 heterocycles. The number of benzene rings is 4. The number of fused-ring (bicyclic) bond motifs is 5. The number of phenolic OH excluding ortho intramolecular Hbond substituents is 1. The molecular formula is C63H78ClN7O13. The predicted molar refractivity (Wildman–Crippen MR) is 315 cm³/mol. The molecule has 2 unspecified atom stereocenters. The van der Waals surface area contributed by atoms with Crippen molar-refractivity contribution in [1.82, 2.24) is 20.4 Å². The molecule has 0 spiro atoms. The summed E-state index contributed by atoms with van der Waals surface area (Å²) >= 11 is 6.40. The number of aliphatic hydroxyl groups is 1. The second-order valence-corrected chi connectivity index (χ2v) is 23.3. The summed E-state index contributed by atoms with van der Waals surface area (Å²) < 4.78 is 17.8. The first-order chi connectivity index (χ1) is 40.6. The van der Waals surface area contributed by atoms with Gasteiger partial charge in [-0.15, -0.1) is 11.6 Å². The van der Waals surface area contributed by atoms with Gasteiger partial charge in [-0.2, -0.15) is 0 Å². The Morgan fingerprint density at radius 3 is 2.31 bits per heavy atom. The molecule has 4 aromatic carbocycles. The second-order valence-electron chi connectivity index (χ2n) is 23.0. The average molecular weight is 1180 g/mol. The Hall–Kier alpha value is -7.29. The number of amides is 7. The van der Waals surface area contributed by atoms with Crippen LogP contribution in [0.15, 0.2) is 66.7 Å². The van der Waals surface area contributed by atoms with E-state index in [2.05, 4.69) is 10.6 Å². The van der Waals surface area contributed by atoms with E-state index in [-0.39, 0.29) is 108 Å². The first kappa shape index (κ1) is 61.3. The largest absolute Gasteiger partial charge is 0.507 e. The number of imide groups is 1. The Balaban J connectivity index is 0.783. The topological polar surface area (TPSA) is 268 Å². The maximum atomic E-state index is 14.3. The highest BCUT2D eigenvalue weighted by molar-refractivity contribution is 6.19. The van der Waals surface area contributed by atoms with Crippen molar-refractivity contribution in [2.45, 2.75) is 147 Å². The molecule has 5 atom stereocenters. The molecule has 2 saturated heterocycles. The number of nitrogens with one attached hydrogen (secondary N) is 2. The number of unbranched alkanes of at least 4 members (excludes halogenated alkanes) is 5. The van der Waals surface area contributed by atoms with Crippen LogP contribution in [0.1, 0.15) is 143 Å². The van der Waals surface area contributed by atoms with Gasteiger partial charge in [0.15, 0.2) is 23.5 Å². The molecule has 0 radical (unpaired) electrons. The van der Waals surface area contributed by atoms with E-state index >= 15 is 0 Å². The molecule has 20 nitrogen and oxygen atoms in total. The summed E-state index contributed by atoms with van der Waals surface area (Å²) in [4.78, 5) is 114. The van der Waals surface area contributed by atoms with Crippen LogP contribution >= 0.6 is 11.6 Å². The molecule has 0 aromatic heterocycles. The second kappa shape index (κ2) is 27.6. The highest BCUT2D eigenvalue weighted by Crippen LogP contribution is 2.46.